The molecule has 0 aliphatic carbocycles. The van der Waals surface area contributed by atoms with Gasteiger partial charge in [0.05, 0.1) is 6.54 Å². The number of nitrogens with zero attached hydrogens (tertiary/aromatic N) is 2. The highest BCUT2D eigenvalue weighted by Gasteiger charge is 2.18. The molecule has 4 nitrogen and oxygen atoms in total. The van der Waals surface area contributed by atoms with Crippen LogP contribution < -0.4 is 5.32 Å². The first-order chi connectivity index (χ1) is 8.65. The number of carbonyl (C=O) groups excluding carboxylic acids is 1. The molecule has 1 aromatic rings. The van der Waals surface area contributed by atoms with E-state index in [1.807, 2.05) is 4.90 Å². The van der Waals surface area contributed by atoms with E-state index in [9.17, 15) is 9.18 Å². The Bertz CT molecular complexity index is 399. The largest absolute Gasteiger partial charge is 0.376 e. The molecule has 0 aromatic heterocycles. The van der Waals surface area contributed by atoms with E-state index in [4.69, 9.17) is 0 Å². The Morgan fingerprint density at radius 1 is 1.22 bits per heavy atom. The smallest absolute Gasteiger partial charge is 0.241 e. The van der Waals surface area contributed by atoms with E-state index in [0.717, 1.165) is 31.9 Å². The summed E-state index contributed by atoms with van der Waals surface area (Å²) in [7, 11) is 2.05. The second-order valence-electron chi connectivity index (χ2n) is 4.54. The lowest BCUT2D eigenvalue weighted by Gasteiger charge is -2.32. The first-order valence-corrected chi connectivity index (χ1v) is 6.11. The predicted octanol–water partition coefficient (Wildman–Crippen LogP) is 1.01. The number of piperazine rings is 1. The van der Waals surface area contributed by atoms with Gasteiger partial charge in [-0.05, 0) is 31.3 Å². The Labute approximate surface area is 106 Å². The zero-order valence-corrected chi connectivity index (χ0v) is 10.5. The molecule has 0 spiro atoms. The first-order valence-electron chi connectivity index (χ1n) is 6.11. The number of halogens is 1. The number of anilines is 1. The van der Waals surface area contributed by atoms with Crippen molar-refractivity contribution in [1.82, 2.24) is 9.80 Å². The lowest BCUT2D eigenvalue weighted by molar-refractivity contribution is -0.130. The normalized spacial score (nSPS) is 16.7. The van der Waals surface area contributed by atoms with Gasteiger partial charge in [0.2, 0.25) is 5.91 Å². The molecule has 1 amide bonds. The van der Waals surface area contributed by atoms with Crippen molar-refractivity contribution in [1.29, 1.82) is 0 Å². The lowest BCUT2D eigenvalue weighted by atomic mass is 10.3. The minimum atomic E-state index is -0.272. The number of carbonyl (C=O) groups is 1. The summed E-state index contributed by atoms with van der Waals surface area (Å²) in [6, 6.07) is 6.02. The van der Waals surface area contributed by atoms with Crippen LogP contribution in [0, 0.1) is 5.82 Å². The van der Waals surface area contributed by atoms with Gasteiger partial charge in [0.15, 0.2) is 0 Å². The number of likely N-dealkylation sites (N-methyl/N-ethyl adjacent to an activating group) is 1. The van der Waals surface area contributed by atoms with Crippen LogP contribution in [0.5, 0.6) is 0 Å². The molecule has 2 rings (SSSR count). The maximum atomic E-state index is 12.7. The van der Waals surface area contributed by atoms with Crippen molar-refractivity contribution in [2.75, 3.05) is 45.1 Å². The van der Waals surface area contributed by atoms with Crippen molar-refractivity contribution >= 4 is 11.6 Å². The van der Waals surface area contributed by atoms with E-state index in [-0.39, 0.29) is 18.3 Å². The second-order valence-corrected chi connectivity index (χ2v) is 4.54. The van der Waals surface area contributed by atoms with Crippen LogP contribution in [0.25, 0.3) is 0 Å². The van der Waals surface area contributed by atoms with E-state index in [1.165, 1.54) is 12.1 Å². The number of benzene rings is 1. The SMILES string of the molecule is CN1CCN(C(=O)CNc2ccc(F)cc2)CC1. The molecule has 1 aliphatic rings. The molecule has 1 aliphatic heterocycles. The van der Waals surface area contributed by atoms with Gasteiger partial charge >= 0.3 is 0 Å². The summed E-state index contributed by atoms with van der Waals surface area (Å²) in [5, 5.41) is 3.01. The minimum absolute atomic E-state index is 0.0902. The molecule has 0 atom stereocenters. The number of rotatable bonds is 3. The molecular formula is C13H18FN3O. The molecule has 0 radical (unpaired) electrons. The van der Waals surface area contributed by atoms with Gasteiger partial charge in [-0.1, -0.05) is 0 Å². The summed E-state index contributed by atoms with van der Waals surface area (Å²) in [5.74, 6) is -0.182. The van der Waals surface area contributed by atoms with Gasteiger partial charge in [-0.15, -0.1) is 0 Å². The Morgan fingerprint density at radius 3 is 2.44 bits per heavy atom. The Kier molecular flexibility index (Phi) is 4.15. The third kappa shape index (κ3) is 3.43. The molecule has 0 unspecified atom stereocenters. The molecule has 1 heterocycles. The van der Waals surface area contributed by atoms with Crippen molar-refractivity contribution in [3.63, 3.8) is 0 Å². The molecule has 98 valence electrons. The van der Waals surface area contributed by atoms with Crippen LogP contribution >= 0.6 is 0 Å². The van der Waals surface area contributed by atoms with Gasteiger partial charge in [-0.25, -0.2) is 4.39 Å². The number of amides is 1. The van der Waals surface area contributed by atoms with E-state index < -0.39 is 0 Å². The third-order valence-electron chi connectivity index (χ3n) is 3.14. The average molecular weight is 251 g/mol. The standard InChI is InChI=1S/C13H18FN3O/c1-16-6-8-17(9-7-16)13(18)10-15-12-4-2-11(14)3-5-12/h2-5,15H,6-10H2,1H3. The fraction of sp³-hybridized carbons (Fsp3) is 0.462. The summed E-state index contributed by atoms with van der Waals surface area (Å²) in [6.45, 7) is 3.65. The van der Waals surface area contributed by atoms with Gasteiger partial charge < -0.3 is 15.1 Å². The fourth-order valence-electron chi connectivity index (χ4n) is 1.91. The first kappa shape index (κ1) is 12.8. The molecule has 1 fully saturated rings. The summed E-state index contributed by atoms with van der Waals surface area (Å²) < 4.78 is 12.7. The summed E-state index contributed by atoms with van der Waals surface area (Å²) >= 11 is 0. The quantitative estimate of drug-likeness (QED) is 0.871. The van der Waals surface area contributed by atoms with E-state index in [0.29, 0.717) is 0 Å². The van der Waals surface area contributed by atoms with Gasteiger partial charge in [-0.3, -0.25) is 4.79 Å². The molecular weight excluding hydrogens is 233 g/mol. The van der Waals surface area contributed by atoms with E-state index >= 15 is 0 Å². The van der Waals surface area contributed by atoms with Crippen LogP contribution in [0.15, 0.2) is 24.3 Å². The Hall–Kier alpha value is -1.62. The molecule has 1 saturated heterocycles. The van der Waals surface area contributed by atoms with Crippen LogP contribution in [0.4, 0.5) is 10.1 Å². The third-order valence-corrected chi connectivity index (χ3v) is 3.14. The lowest BCUT2D eigenvalue weighted by Crippen LogP contribution is -2.48. The highest BCUT2D eigenvalue weighted by molar-refractivity contribution is 5.81. The van der Waals surface area contributed by atoms with Gasteiger partial charge in [0.25, 0.3) is 0 Å². The van der Waals surface area contributed by atoms with Crippen LogP contribution in [-0.4, -0.2) is 55.5 Å². The van der Waals surface area contributed by atoms with E-state index in [1.54, 1.807) is 12.1 Å². The molecule has 1 N–H and O–H groups in total. The molecule has 0 saturated carbocycles. The van der Waals surface area contributed by atoms with Gasteiger partial charge in [0, 0.05) is 31.9 Å². The Balaban J connectivity index is 1.79. The number of hydrogen-bond donors (Lipinski definition) is 1. The summed E-state index contributed by atoms with van der Waals surface area (Å²) in [4.78, 5) is 16.0. The number of nitrogens with one attached hydrogen (secondary N) is 1. The Morgan fingerprint density at radius 2 is 1.83 bits per heavy atom. The topological polar surface area (TPSA) is 35.6 Å². The average Bonchev–Trinajstić information content (AvgIpc) is 2.38. The van der Waals surface area contributed by atoms with Crippen LogP contribution in [0.1, 0.15) is 0 Å². The van der Waals surface area contributed by atoms with Crippen LogP contribution in [0.3, 0.4) is 0 Å². The summed E-state index contributed by atoms with van der Waals surface area (Å²) in [5.41, 5.74) is 0.763. The van der Waals surface area contributed by atoms with Crippen molar-refractivity contribution < 1.29 is 9.18 Å². The maximum absolute atomic E-state index is 12.7. The van der Waals surface area contributed by atoms with Gasteiger partial charge in [0.1, 0.15) is 5.82 Å². The second kappa shape index (κ2) is 5.82. The predicted molar refractivity (Wildman–Crippen MR) is 69.0 cm³/mol. The monoisotopic (exact) mass is 251 g/mol. The molecule has 1 aromatic carbocycles. The summed E-state index contributed by atoms with van der Waals surface area (Å²) in [6.07, 6.45) is 0. The zero-order valence-electron chi connectivity index (χ0n) is 10.5. The van der Waals surface area contributed by atoms with Crippen molar-refractivity contribution in [2.24, 2.45) is 0 Å². The molecule has 0 bridgehead atoms. The van der Waals surface area contributed by atoms with Crippen LogP contribution in [0.2, 0.25) is 0 Å². The maximum Gasteiger partial charge on any atom is 0.241 e. The van der Waals surface area contributed by atoms with Gasteiger partial charge in [-0.2, -0.15) is 0 Å². The highest BCUT2D eigenvalue weighted by Crippen LogP contribution is 2.08. The number of hydrogen-bond acceptors (Lipinski definition) is 3. The minimum Gasteiger partial charge on any atom is -0.376 e. The highest BCUT2D eigenvalue weighted by atomic mass is 19.1. The molecule has 18 heavy (non-hydrogen) atoms. The fourth-order valence-corrected chi connectivity index (χ4v) is 1.91. The van der Waals surface area contributed by atoms with Crippen molar-refractivity contribution in [3.8, 4) is 0 Å². The van der Waals surface area contributed by atoms with Crippen molar-refractivity contribution in [2.45, 2.75) is 0 Å². The zero-order chi connectivity index (χ0) is 13.0. The van der Waals surface area contributed by atoms with Crippen molar-refractivity contribution in [3.05, 3.63) is 30.1 Å². The molecule has 5 heteroatoms. The van der Waals surface area contributed by atoms with E-state index in [2.05, 4.69) is 17.3 Å². The van der Waals surface area contributed by atoms with Crippen LogP contribution in [-0.2, 0) is 4.79 Å².